The van der Waals surface area contributed by atoms with Gasteiger partial charge in [0.15, 0.2) is 5.84 Å². The lowest BCUT2D eigenvalue weighted by Crippen LogP contribution is -2.49. The Morgan fingerprint density at radius 3 is 2.70 bits per heavy atom. The lowest BCUT2D eigenvalue weighted by Gasteiger charge is -2.36. The topological polar surface area (TPSA) is 45.1 Å². The molecule has 144 valence electrons. The van der Waals surface area contributed by atoms with Gasteiger partial charge in [-0.1, -0.05) is 50.9 Å². The summed E-state index contributed by atoms with van der Waals surface area (Å²) in [5, 5.41) is 0.642. The molecule has 0 atom stereocenters. The molecular formula is C21H26ClN3O2. The molecule has 0 unspecified atom stereocenters. The van der Waals surface area contributed by atoms with Gasteiger partial charge >= 0.3 is 6.09 Å². The zero-order valence-corrected chi connectivity index (χ0v) is 17.1. The first kappa shape index (κ1) is 20.9. The minimum absolute atomic E-state index is 0.0630. The maximum Gasteiger partial charge on any atom is 0.410 e. The highest BCUT2D eigenvalue weighted by Crippen LogP contribution is 2.17. The van der Waals surface area contributed by atoms with Crippen LogP contribution in [0, 0.1) is 17.3 Å². The number of carbonyl (C=O) groups is 1. The SMILES string of the molecule is C=C1CN(C(=O)OCC(C)(C)C)CCN1C(C#Cc1cccc(Cl)c1)=NC. The van der Waals surface area contributed by atoms with Crippen molar-refractivity contribution in [3.8, 4) is 11.8 Å². The van der Waals surface area contributed by atoms with Crippen LogP contribution in [0.2, 0.25) is 5.02 Å². The molecule has 0 aliphatic carbocycles. The van der Waals surface area contributed by atoms with E-state index in [4.69, 9.17) is 16.3 Å². The number of amides is 1. The predicted molar refractivity (Wildman–Crippen MR) is 110 cm³/mol. The Kier molecular flexibility index (Phi) is 6.92. The normalized spacial score (nSPS) is 15.3. The Balaban J connectivity index is 2.00. The van der Waals surface area contributed by atoms with E-state index in [1.54, 1.807) is 24.1 Å². The van der Waals surface area contributed by atoms with Gasteiger partial charge in [0.05, 0.1) is 13.2 Å². The number of aliphatic imine (C=N–C) groups is 1. The number of rotatable bonds is 1. The van der Waals surface area contributed by atoms with E-state index in [0.29, 0.717) is 37.1 Å². The summed E-state index contributed by atoms with van der Waals surface area (Å²) in [7, 11) is 1.69. The highest BCUT2D eigenvalue weighted by Gasteiger charge is 2.27. The second-order valence-corrected chi connectivity index (χ2v) is 8.00. The summed E-state index contributed by atoms with van der Waals surface area (Å²) in [5.41, 5.74) is 1.51. The van der Waals surface area contributed by atoms with Crippen LogP contribution in [0.1, 0.15) is 26.3 Å². The minimum atomic E-state index is -0.314. The Morgan fingerprint density at radius 1 is 1.37 bits per heavy atom. The number of hydrogen-bond acceptors (Lipinski definition) is 3. The fraction of sp³-hybridized carbons (Fsp3) is 0.429. The van der Waals surface area contributed by atoms with Crippen LogP contribution in [0.5, 0.6) is 0 Å². The highest BCUT2D eigenvalue weighted by molar-refractivity contribution is 6.30. The van der Waals surface area contributed by atoms with E-state index in [0.717, 1.165) is 11.3 Å². The molecule has 0 spiro atoms. The van der Waals surface area contributed by atoms with Crippen molar-refractivity contribution < 1.29 is 9.53 Å². The van der Waals surface area contributed by atoms with E-state index in [9.17, 15) is 4.79 Å². The Hall–Kier alpha value is -2.45. The summed E-state index contributed by atoms with van der Waals surface area (Å²) in [6.07, 6.45) is -0.314. The first-order valence-electron chi connectivity index (χ1n) is 8.81. The molecule has 5 nitrogen and oxygen atoms in total. The van der Waals surface area contributed by atoms with Gasteiger partial charge < -0.3 is 14.5 Å². The van der Waals surface area contributed by atoms with Gasteiger partial charge in [0.25, 0.3) is 0 Å². The van der Waals surface area contributed by atoms with Crippen LogP contribution in [0.15, 0.2) is 41.5 Å². The average Bonchev–Trinajstić information content (AvgIpc) is 2.60. The molecule has 2 rings (SSSR count). The highest BCUT2D eigenvalue weighted by atomic mass is 35.5. The minimum Gasteiger partial charge on any atom is -0.449 e. The van der Waals surface area contributed by atoms with Crippen molar-refractivity contribution in [1.29, 1.82) is 0 Å². The Morgan fingerprint density at radius 2 is 2.11 bits per heavy atom. The fourth-order valence-electron chi connectivity index (χ4n) is 2.48. The van der Waals surface area contributed by atoms with Gasteiger partial charge in [0.2, 0.25) is 0 Å². The summed E-state index contributed by atoms with van der Waals surface area (Å²) >= 11 is 5.99. The molecule has 6 heteroatoms. The lowest BCUT2D eigenvalue weighted by molar-refractivity contribution is 0.0680. The van der Waals surface area contributed by atoms with E-state index in [-0.39, 0.29) is 11.5 Å². The Labute approximate surface area is 166 Å². The third-order valence-corrected chi connectivity index (χ3v) is 4.08. The van der Waals surface area contributed by atoms with Crippen LogP contribution in [0.3, 0.4) is 0 Å². The summed E-state index contributed by atoms with van der Waals surface area (Å²) < 4.78 is 5.39. The van der Waals surface area contributed by atoms with Crippen LogP contribution < -0.4 is 0 Å². The molecular weight excluding hydrogens is 362 g/mol. The van der Waals surface area contributed by atoms with Crippen LogP contribution in [-0.2, 0) is 4.74 Å². The first-order valence-corrected chi connectivity index (χ1v) is 9.19. The van der Waals surface area contributed by atoms with Crippen molar-refractivity contribution in [3.05, 3.63) is 47.1 Å². The van der Waals surface area contributed by atoms with Crippen LogP contribution in [-0.4, -0.2) is 55.0 Å². The van der Waals surface area contributed by atoms with Gasteiger partial charge in [-0.3, -0.25) is 4.99 Å². The van der Waals surface area contributed by atoms with Crippen LogP contribution >= 0.6 is 11.6 Å². The van der Waals surface area contributed by atoms with Crippen molar-refractivity contribution in [3.63, 3.8) is 0 Å². The average molecular weight is 388 g/mol. The number of ether oxygens (including phenoxy) is 1. The van der Waals surface area contributed by atoms with Crippen molar-refractivity contribution in [2.75, 3.05) is 33.3 Å². The monoisotopic (exact) mass is 387 g/mol. The van der Waals surface area contributed by atoms with E-state index in [1.807, 2.05) is 37.8 Å². The molecule has 1 aromatic rings. The molecule has 0 radical (unpaired) electrons. The van der Waals surface area contributed by atoms with Crippen LogP contribution in [0.4, 0.5) is 4.79 Å². The number of amidine groups is 1. The molecule has 1 fully saturated rings. The van der Waals surface area contributed by atoms with Crippen molar-refractivity contribution in [1.82, 2.24) is 9.80 Å². The zero-order valence-electron chi connectivity index (χ0n) is 16.4. The molecule has 1 amide bonds. The second-order valence-electron chi connectivity index (χ2n) is 7.56. The van der Waals surface area contributed by atoms with E-state index in [2.05, 4.69) is 23.4 Å². The molecule has 1 aliphatic rings. The first-order chi connectivity index (χ1) is 12.7. The number of hydrogen-bond donors (Lipinski definition) is 0. The van der Waals surface area contributed by atoms with E-state index >= 15 is 0 Å². The molecule has 1 saturated heterocycles. The molecule has 27 heavy (non-hydrogen) atoms. The van der Waals surface area contributed by atoms with Crippen LogP contribution in [0.25, 0.3) is 0 Å². The van der Waals surface area contributed by atoms with Crippen molar-refractivity contribution in [2.45, 2.75) is 20.8 Å². The number of benzene rings is 1. The third kappa shape index (κ3) is 6.33. The van der Waals surface area contributed by atoms with Gasteiger partial charge in [-0.25, -0.2) is 4.79 Å². The summed E-state index contributed by atoms with van der Waals surface area (Å²) in [6.45, 7) is 12.0. The van der Waals surface area contributed by atoms with E-state index < -0.39 is 0 Å². The van der Waals surface area contributed by atoms with Crippen molar-refractivity contribution >= 4 is 23.5 Å². The second kappa shape index (κ2) is 8.96. The van der Waals surface area contributed by atoms with E-state index in [1.165, 1.54) is 0 Å². The maximum absolute atomic E-state index is 12.3. The molecule has 1 heterocycles. The number of piperazine rings is 1. The fourth-order valence-corrected chi connectivity index (χ4v) is 2.67. The number of halogens is 1. The lowest BCUT2D eigenvalue weighted by atomic mass is 9.99. The summed E-state index contributed by atoms with van der Waals surface area (Å²) in [5.74, 6) is 6.76. The summed E-state index contributed by atoms with van der Waals surface area (Å²) in [6, 6.07) is 7.36. The van der Waals surface area contributed by atoms with Gasteiger partial charge in [0.1, 0.15) is 0 Å². The number of nitrogens with zero attached hydrogens (tertiary/aromatic N) is 3. The smallest absolute Gasteiger partial charge is 0.410 e. The Bertz CT molecular complexity index is 800. The number of carbonyl (C=O) groups excluding carboxylic acids is 1. The van der Waals surface area contributed by atoms with Gasteiger partial charge in [-0.05, 0) is 29.5 Å². The molecule has 0 bridgehead atoms. The quantitative estimate of drug-likeness (QED) is 0.415. The predicted octanol–water partition coefficient (Wildman–Crippen LogP) is 4.03. The van der Waals surface area contributed by atoms with Gasteiger partial charge in [-0.2, -0.15) is 0 Å². The molecule has 0 aromatic heterocycles. The molecule has 0 N–H and O–H groups in total. The third-order valence-electron chi connectivity index (χ3n) is 3.85. The van der Waals surface area contributed by atoms with Crippen molar-refractivity contribution in [2.24, 2.45) is 10.4 Å². The van der Waals surface area contributed by atoms with Gasteiger partial charge in [0, 0.05) is 36.4 Å². The zero-order chi connectivity index (χ0) is 20.0. The standard InChI is InChI=1S/C21H26ClN3O2/c1-16-14-24(20(26)27-15-21(2,3)4)11-12-25(16)19(23-5)10-9-17-7-6-8-18(22)13-17/h6-8,13H,1,11-12,14-15H2,2-5H3. The largest absolute Gasteiger partial charge is 0.449 e. The van der Waals surface area contributed by atoms with Gasteiger partial charge in [-0.15, -0.1) is 0 Å². The summed E-state index contributed by atoms with van der Waals surface area (Å²) in [4.78, 5) is 20.1. The maximum atomic E-state index is 12.3. The molecule has 1 aromatic carbocycles. The molecule has 1 aliphatic heterocycles. The molecule has 0 saturated carbocycles.